The summed E-state index contributed by atoms with van der Waals surface area (Å²) in [7, 11) is 0. The van der Waals surface area contributed by atoms with Gasteiger partial charge in [-0.25, -0.2) is 0 Å². The zero-order chi connectivity index (χ0) is 14.5. The van der Waals surface area contributed by atoms with Crippen LogP contribution in [0.4, 0.5) is 0 Å². The number of amides is 1. The Bertz CT molecular complexity index is 472. The van der Waals surface area contributed by atoms with Crippen LogP contribution in [0.5, 0.6) is 0 Å². The summed E-state index contributed by atoms with van der Waals surface area (Å²) in [5.74, 6) is 0.731. The average molecular weight is 279 g/mol. The first-order chi connectivity index (χ1) is 9.54. The van der Waals surface area contributed by atoms with Crippen LogP contribution in [0.15, 0.2) is 16.5 Å². The van der Waals surface area contributed by atoms with Gasteiger partial charge in [-0.05, 0) is 44.7 Å². The van der Waals surface area contributed by atoms with Crippen molar-refractivity contribution in [3.05, 3.63) is 23.7 Å². The number of furan rings is 1. The number of aliphatic carboxylic acids is 1. The topological polar surface area (TPSA) is 79.5 Å². The van der Waals surface area contributed by atoms with Crippen LogP contribution in [0.3, 0.4) is 0 Å². The van der Waals surface area contributed by atoms with Gasteiger partial charge in [-0.3, -0.25) is 9.59 Å². The molecule has 1 heterocycles. The fraction of sp³-hybridized carbons (Fsp3) is 0.600. The standard InChI is InChI=1S/C15H21NO4/c1-10-2-7-13(20-10)8-9-14(17)16-12-5-3-11(4-6-12)15(18)19/h2,7,11-12H,3-6,8-9H2,1H3,(H,16,17)(H,18,19). The molecule has 0 spiro atoms. The van der Waals surface area contributed by atoms with Gasteiger partial charge in [0.2, 0.25) is 5.91 Å². The minimum absolute atomic E-state index is 0.0119. The monoisotopic (exact) mass is 279 g/mol. The Morgan fingerprint density at radius 2 is 2.00 bits per heavy atom. The van der Waals surface area contributed by atoms with E-state index in [0.29, 0.717) is 25.7 Å². The summed E-state index contributed by atoms with van der Waals surface area (Å²) in [5.41, 5.74) is 0. The van der Waals surface area contributed by atoms with Gasteiger partial charge < -0.3 is 14.8 Å². The van der Waals surface area contributed by atoms with Gasteiger partial charge in [0.25, 0.3) is 0 Å². The largest absolute Gasteiger partial charge is 0.481 e. The van der Waals surface area contributed by atoms with Crippen LogP contribution in [0, 0.1) is 12.8 Å². The lowest BCUT2D eigenvalue weighted by atomic mass is 9.86. The van der Waals surface area contributed by atoms with E-state index in [1.165, 1.54) is 0 Å². The highest BCUT2D eigenvalue weighted by Crippen LogP contribution is 2.24. The third-order valence-electron chi connectivity index (χ3n) is 3.84. The van der Waals surface area contributed by atoms with Crippen molar-refractivity contribution in [3.8, 4) is 0 Å². The highest BCUT2D eigenvalue weighted by molar-refractivity contribution is 5.76. The van der Waals surface area contributed by atoms with E-state index in [0.717, 1.165) is 24.4 Å². The van der Waals surface area contributed by atoms with E-state index in [1.54, 1.807) is 0 Å². The summed E-state index contributed by atoms with van der Waals surface area (Å²) in [6.45, 7) is 1.88. The maximum Gasteiger partial charge on any atom is 0.306 e. The molecule has 1 saturated carbocycles. The predicted octanol–water partition coefficient (Wildman–Crippen LogP) is 2.28. The lowest BCUT2D eigenvalue weighted by Crippen LogP contribution is -2.38. The summed E-state index contributed by atoms with van der Waals surface area (Å²) in [6, 6.07) is 3.90. The minimum Gasteiger partial charge on any atom is -0.481 e. The lowest BCUT2D eigenvalue weighted by molar-refractivity contribution is -0.142. The summed E-state index contributed by atoms with van der Waals surface area (Å²) < 4.78 is 5.42. The highest BCUT2D eigenvalue weighted by atomic mass is 16.4. The van der Waals surface area contributed by atoms with Crippen LogP contribution in [0.2, 0.25) is 0 Å². The van der Waals surface area contributed by atoms with Crippen molar-refractivity contribution >= 4 is 11.9 Å². The molecule has 20 heavy (non-hydrogen) atoms. The van der Waals surface area contributed by atoms with Crippen LogP contribution < -0.4 is 5.32 Å². The first-order valence-electron chi connectivity index (χ1n) is 7.12. The summed E-state index contributed by atoms with van der Waals surface area (Å²) in [4.78, 5) is 22.7. The van der Waals surface area contributed by atoms with Gasteiger partial charge in [0, 0.05) is 18.9 Å². The molecule has 2 N–H and O–H groups in total. The van der Waals surface area contributed by atoms with Crippen molar-refractivity contribution < 1.29 is 19.1 Å². The van der Waals surface area contributed by atoms with Gasteiger partial charge in [-0.1, -0.05) is 0 Å². The average Bonchev–Trinajstić information content (AvgIpc) is 2.83. The summed E-state index contributed by atoms with van der Waals surface area (Å²) >= 11 is 0. The van der Waals surface area contributed by atoms with Crippen molar-refractivity contribution in [1.29, 1.82) is 0 Å². The van der Waals surface area contributed by atoms with Crippen LogP contribution in [-0.2, 0) is 16.0 Å². The minimum atomic E-state index is -0.719. The molecule has 0 atom stereocenters. The SMILES string of the molecule is Cc1ccc(CCC(=O)NC2CCC(C(=O)O)CC2)o1. The first kappa shape index (κ1) is 14.6. The fourth-order valence-corrected chi connectivity index (χ4v) is 2.64. The summed E-state index contributed by atoms with van der Waals surface area (Å²) in [6.07, 6.45) is 3.82. The molecule has 1 aromatic rings. The molecule has 1 aliphatic carbocycles. The molecule has 5 nitrogen and oxygen atoms in total. The number of carboxylic acids is 1. The number of hydrogen-bond donors (Lipinski definition) is 2. The Hall–Kier alpha value is -1.78. The van der Waals surface area contributed by atoms with Crippen molar-refractivity contribution in [2.45, 2.75) is 51.5 Å². The van der Waals surface area contributed by atoms with Gasteiger partial charge in [0.1, 0.15) is 11.5 Å². The van der Waals surface area contributed by atoms with Gasteiger partial charge in [-0.15, -0.1) is 0 Å². The smallest absolute Gasteiger partial charge is 0.306 e. The van der Waals surface area contributed by atoms with Gasteiger partial charge in [0.05, 0.1) is 5.92 Å². The molecule has 110 valence electrons. The molecule has 0 bridgehead atoms. The zero-order valence-electron chi connectivity index (χ0n) is 11.7. The molecule has 0 aliphatic heterocycles. The number of carboxylic acid groups (broad SMARTS) is 1. The number of nitrogens with one attached hydrogen (secondary N) is 1. The van der Waals surface area contributed by atoms with E-state index in [-0.39, 0.29) is 17.9 Å². The van der Waals surface area contributed by atoms with Crippen molar-refractivity contribution in [3.63, 3.8) is 0 Å². The van der Waals surface area contributed by atoms with E-state index < -0.39 is 5.97 Å². The van der Waals surface area contributed by atoms with Gasteiger partial charge in [0.15, 0.2) is 0 Å². The Labute approximate surface area is 118 Å². The van der Waals surface area contributed by atoms with Gasteiger partial charge in [-0.2, -0.15) is 0 Å². The number of hydrogen-bond acceptors (Lipinski definition) is 3. The van der Waals surface area contributed by atoms with Crippen LogP contribution in [0.1, 0.15) is 43.6 Å². The molecule has 0 saturated heterocycles. The first-order valence-corrected chi connectivity index (χ1v) is 7.12. The number of rotatable bonds is 5. The second-order valence-electron chi connectivity index (χ2n) is 5.47. The molecule has 0 unspecified atom stereocenters. The molecule has 1 amide bonds. The lowest BCUT2D eigenvalue weighted by Gasteiger charge is -2.26. The molecule has 1 aromatic heterocycles. The van der Waals surface area contributed by atoms with Crippen LogP contribution >= 0.6 is 0 Å². The molecular weight excluding hydrogens is 258 g/mol. The Balaban J connectivity index is 1.69. The van der Waals surface area contributed by atoms with Crippen LogP contribution in [-0.4, -0.2) is 23.0 Å². The Kier molecular flexibility index (Phi) is 4.82. The van der Waals surface area contributed by atoms with Crippen molar-refractivity contribution in [2.75, 3.05) is 0 Å². The zero-order valence-corrected chi connectivity index (χ0v) is 11.7. The number of carbonyl (C=O) groups is 2. The molecule has 0 aromatic carbocycles. The molecule has 2 rings (SSSR count). The third-order valence-corrected chi connectivity index (χ3v) is 3.84. The fourth-order valence-electron chi connectivity index (χ4n) is 2.64. The highest BCUT2D eigenvalue weighted by Gasteiger charge is 2.26. The number of carbonyl (C=O) groups excluding carboxylic acids is 1. The van der Waals surface area contributed by atoms with E-state index >= 15 is 0 Å². The maximum absolute atomic E-state index is 11.8. The maximum atomic E-state index is 11.8. The third kappa shape index (κ3) is 4.11. The number of aryl methyl sites for hydroxylation is 2. The second-order valence-corrected chi connectivity index (χ2v) is 5.47. The van der Waals surface area contributed by atoms with Gasteiger partial charge >= 0.3 is 5.97 Å². The van der Waals surface area contributed by atoms with E-state index in [2.05, 4.69) is 5.32 Å². The Morgan fingerprint density at radius 1 is 1.30 bits per heavy atom. The molecule has 5 heteroatoms. The van der Waals surface area contributed by atoms with E-state index in [9.17, 15) is 9.59 Å². The summed E-state index contributed by atoms with van der Waals surface area (Å²) in [5, 5.41) is 11.9. The normalized spacial score (nSPS) is 22.4. The van der Waals surface area contributed by atoms with Crippen molar-refractivity contribution in [1.82, 2.24) is 5.32 Å². The second kappa shape index (κ2) is 6.59. The molecule has 1 aliphatic rings. The molecule has 1 fully saturated rings. The van der Waals surface area contributed by atoms with Crippen molar-refractivity contribution in [2.24, 2.45) is 5.92 Å². The quantitative estimate of drug-likeness (QED) is 0.866. The van der Waals surface area contributed by atoms with Crippen LogP contribution in [0.25, 0.3) is 0 Å². The Morgan fingerprint density at radius 3 is 2.55 bits per heavy atom. The molecular formula is C15H21NO4. The van der Waals surface area contributed by atoms with E-state index in [4.69, 9.17) is 9.52 Å². The molecule has 0 radical (unpaired) electrons. The predicted molar refractivity (Wildman–Crippen MR) is 73.3 cm³/mol. The van der Waals surface area contributed by atoms with E-state index in [1.807, 2.05) is 19.1 Å².